The van der Waals surface area contributed by atoms with Gasteiger partial charge in [-0.15, -0.1) is 0 Å². The quantitative estimate of drug-likeness (QED) is 0.402. The zero-order valence-electron chi connectivity index (χ0n) is 16.7. The van der Waals surface area contributed by atoms with E-state index in [1.54, 1.807) is 6.21 Å². The lowest BCUT2D eigenvalue weighted by molar-refractivity contribution is -0.140. The minimum absolute atomic E-state index is 0.143. The van der Waals surface area contributed by atoms with Crippen molar-refractivity contribution >= 4 is 29.6 Å². The van der Waals surface area contributed by atoms with Gasteiger partial charge in [0.1, 0.15) is 12.4 Å². The molecular formula is C25H21ClN2O3. The molecule has 0 radical (unpaired) electrons. The second-order valence-electron chi connectivity index (χ2n) is 8.84. The highest BCUT2D eigenvalue weighted by Gasteiger charge is 2.67. The molecule has 2 amide bonds. The molecule has 4 aliphatic carbocycles. The molecule has 1 aliphatic heterocycles. The number of hydrazone groups is 1. The maximum atomic E-state index is 13.0. The van der Waals surface area contributed by atoms with Crippen LogP contribution in [-0.2, 0) is 16.2 Å². The molecule has 7 rings (SSSR count). The number of benzene rings is 2. The summed E-state index contributed by atoms with van der Waals surface area (Å²) in [6, 6.07) is 14.9. The molecule has 0 spiro atoms. The van der Waals surface area contributed by atoms with Crippen LogP contribution < -0.4 is 4.74 Å². The molecule has 5 nitrogen and oxygen atoms in total. The van der Waals surface area contributed by atoms with Gasteiger partial charge in [0.05, 0.1) is 18.1 Å². The number of hydrogen-bond donors (Lipinski definition) is 0. The van der Waals surface area contributed by atoms with Gasteiger partial charge < -0.3 is 4.74 Å². The molecule has 2 saturated carbocycles. The lowest BCUT2D eigenvalue weighted by Crippen LogP contribution is -2.40. The topological polar surface area (TPSA) is 59.0 Å². The Morgan fingerprint density at radius 1 is 0.968 bits per heavy atom. The van der Waals surface area contributed by atoms with E-state index in [9.17, 15) is 9.59 Å². The first kappa shape index (κ1) is 18.8. The summed E-state index contributed by atoms with van der Waals surface area (Å²) in [6.07, 6.45) is 7.06. The second-order valence-corrected chi connectivity index (χ2v) is 9.24. The predicted octanol–water partition coefficient (Wildman–Crippen LogP) is 4.31. The number of carbonyl (C=O) groups is 2. The van der Waals surface area contributed by atoms with Gasteiger partial charge in [-0.05, 0) is 66.0 Å². The van der Waals surface area contributed by atoms with Crippen LogP contribution in [0.3, 0.4) is 0 Å². The average molecular weight is 433 g/mol. The molecule has 156 valence electrons. The van der Waals surface area contributed by atoms with Gasteiger partial charge in [0.25, 0.3) is 11.8 Å². The average Bonchev–Trinajstić information content (AvgIpc) is 3.57. The van der Waals surface area contributed by atoms with Crippen LogP contribution in [0.2, 0.25) is 5.02 Å². The summed E-state index contributed by atoms with van der Waals surface area (Å²) < 4.78 is 5.79. The van der Waals surface area contributed by atoms with Crippen molar-refractivity contribution in [2.75, 3.05) is 0 Å². The smallest absolute Gasteiger partial charge is 0.254 e. The number of hydrogen-bond acceptors (Lipinski definition) is 4. The van der Waals surface area contributed by atoms with Gasteiger partial charge in [-0.3, -0.25) is 9.59 Å². The van der Waals surface area contributed by atoms with Crippen molar-refractivity contribution < 1.29 is 14.3 Å². The molecule has 0 N–H and O–H groups in total. The summed E-state index contributed by atoms with van der Waals surface area (Å²) in [5, 5.41) is 6.05. The molecule has 5 aliphatic rings. The SMILES string of the molecule is O=C1[C@@H]2[C@@H]3C=C[C@H]([C@@H]4C[C@H]34)[C@@H]2C(=O)N1/N=C\c1ccc(OCc2ccccc2Cl)cc1. The first-order chi connectivity index (χ1) is 15.1. The number of carbonyl (C=O) groups excluding carboxylic acids is 2. The minimum Gasteiger partial charge on any atom is -0.489 e. The van der Waals surface area contributed by atoms with Gasteiger partial charge in [0.15, 0.2) is 0 Å². The van der Waals surface area contributed by atoms with Crippen LogP contribution in [-0.4, -0.2) is 23.0 Å². The minimum atomic E-state index is -0.219. The zero-order valence-corrected chi connectivity index (χ0v) is 17.5. The fraction of sp³-hybridized carbons (Fsp3) is 0.320. The Morgan fingerprint density at radius 3 is 2.26 bits per heavy atom. The van der Waals surface area contributed by atoms with Crippen LogP contribution in [0.15, 0.2) is 65.8 Å². The summed E-state index contributed by atoms with van der Waals surface area (Å²) in [6.45, 7) is 0.380. The first-order valence-corrected chi connectivity index (χ1v) is 11.1. The van der Waals surface area contributed by atoms with Crippen LogP contribution >= 0.6 is 11.6 Å². The van der Waals surface area contributed by atoms with Crippen LogP contribution in [0.25, 0.3) is 0 Å². The van der Waals surface area contributed by atoms with Crippen molar-refractivity contribution in [2.24, 2.45) is 40.6 Å². The van der Waals surface area contributed by atoms with E-state index in [-0.39, 0.29) is 35.5 Å². The standard InChI is InChI=1S/C25H21ClN2O3/c26-21-4-2-1-3-15(21)13-31-16-7-5-14(6-8-16)12-27-28-24(29)22-17-9-10-18(20-11-19(17)20)23(22)25(28)30/h1-10,12,17-20,22-23H,11,13H2/b27-12-/t17-,18-,19-,20+,22-,23+/m1/s1. The maximum Gasteiger partial charge on any atom is 0.254 e. The van der Waals surface area contributed by atoms with Crippen molar-refractivity contribution in [3.05, 3.63) is 76.8 Å². The highest BCUT2D eigenvalue weighted by molar-refractivity contribution is 6.31. The molecule has 0 aromatic heterocycles. The Morgan fingerprint density at radius 2 is 1.61 bits per heavy atom. The van der Waals surface area contributed by atoms with Crippen molar-refractivity contribution in [3.63, 3.8) is 0 Å². The summed E-state index contributed by atoms with van der Waals surface area (Å²) >= 11 is 6.16. The molecule has 6 atom stereocenters. The molecule has 3 fully saturated rings. The summed E-state index contributed by atoms with van der Waals surface area (Å²) in [5.41, 5.74) is 1.72. The number of nitrogens with zero attached hydrogens (tertiary/aromatic N) is 2. The number of halogens is 1. The van der Waals surface area contributed by atoms with Crippen molar-refractivity contribution in [2.45, 2.75) is 13.0 Å². The highest BCUT2D eigenvalue weighted by Crippen LogP contribution is 2.65. The fourth-order valence-corrected chi connectivity index (χ4v) is 5.80. The van der Waals surface area contributed by atoms with Crippen LogP contribution in [0.1, 0.15) is 17.5 Å². The maximum absolute atomic E-state index is 13.0. The first-order valence-electron chi connectivity index (χ1n) is 10.7. The van der Waals surface area contributed by atoms with E-state index in [0.29, 0.717) is 29.2 Å². The van der Waals surface area contributed by atoms with E-state index in [2.05, 4.69) is 17.3 Å². The zero-order chi connectivity index (χ0) is 21.1. The van der Waals surface area contributed by atoms with E-state index in [4.69, 9.17) is 16.3 Å². The highest BCUT2D eigenvalue weighted by atomic mass is 35.5. The van der Waals surface area contributed by atoms with E-state index in [0.717, 1.165) is 22.6 Å². The normalized spacial score (nSPS) is 32.5. The van der Waals surface area contributed by atoms with E-state index in [1.807, 2.05) is 48.5 Å². The van der Waals surface area contributed by atoms with Gasteiger partial charge in [0, 0.05) is 10.6 Å². The molecule has 2 bridgehead atoms. The number of amides is 2. The van der Waals surface area contributed by atoms with E-state index in [1.165, 1.54) is 0 Å². The number of rotatable bonds is 5. The van der Waals surface area contributed by atoms with Gasteiger partial charge in [-0.2, -0.15) is 10.1 Å². The van der Waals surface area contributed by atoms with E-state index >= 15 is 0 Å². The Balaban J connectivity index is 1.13. The number of allylic oxidation sites excluding steroid dienone is 2. The number of ether oxygens (including phenoxy) is 1. The third kappa shape index (κ3) is 3.02. The fourth-order valence-electron chi connectivity index (χ4n) is 5.61. The molecule has 0 unspecified atom stereocenters. The van der Waals surface area contributed by atoms with Crippen LogP contribution in [0.5, 0.6) is 5.75 Å². The Bertz CT molecular complexity index is 1090. The third-order valence-electron chi connectivity index (χ3n) is 7.19. The molecule has 2 aromatic rings. The third-order valence-corrected chi connectivity index (χ3v) is 7.56. The molecule has 1 heterocycles. The predicted molar refractivity (Wildman–Crippen MR) is 116 cm³/mol. The molecular weight excluding hydrogens is 412 g/mol. The van der Waals surface area contributed by atoms with Crippen LogP contribution in [0, 0.1) is 35.5 Å². The van der Waals surface area contributed by atoms with Gasteiger partial charge in [-0.1, -0.05) is 42.0 Å². The molecule has 2 aromatic carbocycles. The summed E-state index contributed by atoms with van der Waals surface area (Å²) in [7, 11) is 0. The Hall–Kier alpha value is -2.92. The van der Waals surface area contributed by atoms with Gasteiger partial charge >= 0.3 is 0 Å². The Labute approximate surface area is 185 Å². The summed E-state index contributed by atoms with van der Waals surface area (Å²) in [5.74, 6) is 1.60. The lowest BCUT2D eigenvalue weighted by Gasteiger charge is -2.37. The second kappa shape index (κ2) is 7.06. The molecule has 31 heavy (non-hydrogen) atoms. The van der Waals surface area contributed by atoms with Crippen LogP contribution in [0.4, 0.5) is 0 Å². The summed E-state index contributed by atoms with van der Waals surface area (Å²) in [4.78, 5) is 25.9. The van der Waals surface area contributed by atoms with Gasteiger partial charge in [0.2, 0.25) is 0 Å². The number of imide groups is 1. The van der Waals surface area contributed by atoms with Gasteiger partial charge in [-0.25, -0.2) is 0 Å². The van der Waals surface area contributed by atoms with E-state index < -0.39 is 0 Å². The van der Waals surface area contributed by atoms with Crippen molar-refractivity contribution in [1.82, 2.24) is 5.01 Å². The Kier molecular flexibility index (Phi) is 4.29. The molecule has 6 heteroatoms. The molecule has 1 saturated heterocycles. The van der Waals surface area contributed by atoms with Crippen molar-refractivity contribution in [1.29, 1.82) is 0 Å². The largest absolute Gasteiger partial charge is 0.489 e. The lowest BCUT2D eigenvalue weighted by atomic mass is 9.63. The monoisotopic (exact) mass is 432 g/mol. The van der Waals surface area contributed by atoms with Crippen molar-refractivity contribution in [3.8, 4) is 5.75 Å².